The highest BCUT2D eigenvalue weighted by molar-refractivity contribution is 8.00. The van der Waals surface area contributed by atoms with Crippen molar-refractivity contribution in [1.82, 2.24) is 9.97 Å². The first-order valence-corrected chi connectivity index (χ1v) is 7.39. The number of aromatic nitrogens is 2. The molecule has 0 unspecified atom stereocenters. The molecule has 7 heteroatoms. The Hall–Kier alpha value is -1.30. The van der Waals surface area contributed by atoms with Gasteiger partial charge in [-0.25, -0.2) is 9.97 Å². The largest absolute Gasteiger partial charge is 0.325 e. The molecule has 104 valence electrons. The van der Waals surface area contributed by atoms with Crippen LogP contribution in [0.2, 0.25) is 10.0 Å². The van der Waals surface area contributed by atoms with Crippen molar-refractivity contribution in [2.75, 3.05) is 5.32 Å². The number of rotatable bonds is 4. The molecule has 1 aromatic heterocycles. The Kier molecular flexibility index (Phi) is 5.23. The van der Waals surface area contributed by atoms with Crippen LogP contribution >= 0.6 is 35.0 Å². The van der Waals surface area contributed by atoms with Crippen LogP contribution in [0.4, 0.5) is 5.69 Å². The lowest BCUT2D eigenvalue weighted by Crippen LogP contribution is -2.22. The Morgan fingerprint density at radius 3 is 2.40 bits per heavy atom. The van der Waals surface area contributed by atoms with Gasteiger partial charge in [0.2, 0.25) is 5.91 Å². The van der Waals surface area contributed by atoms with Gasteiger partial charge in [-0.2, -0.15) is 0 Å². The second kappa shape index (κ2) is 6.92. The summed E-state index contributed by atoms with van der Waals surface area (Å²) in [5.74, 6) is -0.166. The Morgan fingerprint density at radius 1 is 1.20 bits per heavy atom. The van der Waals surface area contributed by atoms with E-state index in [1.807, 2.05) is 0 Å². The average molecular weight is 328 g/mol. The van der Waals surface area contributed by atoms with Crippen LogP contribution in [0.25, 0.3) is 0 Å². The van der Waals surface area contributed by atoms with Gasteiger partial charge in [0.1, 0.15) is 0 Å². The molecular weight excluding hydrogens is 317 g/mol. The number of hydrogen-bond donors (Lipinski definition) is 1. The first kappa shape index (κ1) is 15.1. The van der Waals surface area contributed by atoms with Gasteiger partial charge in [0.25, 0.3) is 0 Å². The number of halogens is 2. The van der Waals surface area contributed by atoms with Gasteiger partial charge < -0.3 is 5.32 Å². The standard InChI is InChI=1S/C13H11Cl2N3OS/c1-8(20-13-16-3-2-4-17-13)12(19)18-11-6-9(14)5-10(15)7-11/h2-8H,1H3,(H,18,19)/t8-/m0/s1. The maximum atomic E-state index is 12.1. The fraction of sp³-hybridized carbons (Fsp3) is 0.154. The molecule has 0 aliphatic rings. The van der Waals surface area contributed by atoms with E-state index < -0.39 is 0 Å². The number of anilines is 1. The second-order valence-electron chi connectivity index (χ2n) is 3.94. The highest BCUT2D eigenvalue weighted by Gasteiger charge is 2.16. The minimum atomic E-state index is -0.338. The van der Waals surface area contributed by atoms with Gasteiger partial charge in [-0.05, 0) is 31.2 Å². The van der Waals surface area contributed by atoms with E-state index in [2.05, 4.69) is 15.3 Å². The summed E-state index contributed by atoms with van der Waals surface area (Å²) in [5, 5.41) is 3.92. The fourth-order valence-corrected chi connectivity index (χ4v) is 2.68. The minimum Gasteiger partial charge on any atom is -0.325 e. The smallest absolute Gasteiger partial charge is 0.237 e. The lowest BCUT2D eigenvalue weighted by Gasteiger charge is -2.11. The highest BCUT2D eigenvalue weighted by Crippen LogP contribution is 2.24. The van der Waals surface area contributed by atoms with Gasteiger partial charge in [-0.1, -0.05) is 35.0 Å². The molecule has 0 saturated carbocycles. The summed E-state index contributed by atoms with van der Waals surface area (Å²) in [5.41, 5.74) is 0.564. The highest BCUT2D eigenvalue weighted by atomic mass is 35.5. The van der Waals surface area contributed by atoms with Crippen LogP contribution in [0.1, 0.15) is 6.92 Å². The molecule has 1 N–H and O–H groups in total. The topological polar surface area (TPSA) is 54.9 Å². The molecule has 20 heavy (non-hydrogen) atoms. The lowest BCUT2D eigenvalue weighted by atomic mass is 10.3. The van der Waals surface area contributed by atoms with E-state index >= 15 is 0 Å². The first-order chi connectivity index (χ1) is 9.54. The summed E-state index contributed by atoms with van der Waals surface area (Å²) < 4.78 is 0. The van der Waals surface area contributed by atoms with Crippen LogP contribution in [0, 0.1) is 0 Å². The van der Waals surface area contributed by atoms with E-state index in [-0.39, 0.29) is 11.2 Å². The predicted molar refractivity (Wildman–Crippen MR) is 82.4 cm³/mol. The van der Waals surface area contributed by atoms with Gasteiger partial charge in [0, 0.05) is 28.1 Å². The van der Waals surface area contributed by atoms with E-state index in [4.69, 9.17) is 23.2 Å². The van der Waals surface area contributed by atoms with Crippen molar-refractivity contribution in [3.63, 3.8) is 0 Å². The molecule has 4 nitrogen and oxygen atoms in total. The van der Waals surface area contributed by atoms with Gasteiger partial charge in [0.05, 0.1) is 5.25 Å². The van der Waals surface area contributed by atoms with Crippen LogP contribution in [0.3, 0.4) is 0 Å². The van der Waals surface area contributed by atoms with Crippen molar-refractivity contribution in [3.05, 3.63) is 46.7 Å². The molecule has 0 spiro atoms. The third-order valence-corrected chi connectivity index (χ3v) is 3.75. The van der Waals surface area contributed by atoms with Crippen molar-refractivity contribution in [1.29, 1.82) is 0 Å². The van der Waals surface area contributed by atoms with Crippen molar-refractivity contribution < 1.29 is 4.79 Å². The zero-order valence-corrected chi connectivity index (χ0v) is 12.8. The maximum absolute atomic E-state index is 12.1. The van der Waals surface area contributed by atoms with Crippen molar-refractivity contribution in [2.45, 2.75) is 17.3 Å². The summed E-state index contributed by atoms with van der Waals surface area (Å²) in [7, 11) is 0. The first-order valence-electron chi connectivity index (χ1n) is 5.75. The van der Waals surface area contributed by atoms with E-state index in [1.54, 1.807) is 43.6 Å². The minimum absolute atomic E-state index is 0.166. The number of thioether (sulfide) groups is 1. The summed E-state index contributed by atoms with van der Waals surface area (Å²) in [6.45, 7) is 1.78. The van der Waals surface area contributed by atoms with E-state index in [0.717, 1.165) is 0 Å². The fourth-order valence-electron chi connectivity index (χ4n) is 1.43. The molecule has 1 aromatic carbocycles. The summed E-state index contributed by atoms with van der Waals surface area (Å²) in [6.07, 6.45) is 3.27. The van der Waals surface area contributed by atoms with Gasteiger partial charge in [-0.3, -0.25) is 4.79 Å². The number of carbonyl (C=O) groups excluding carboxylic acids is 1. The zero-order chi connectivity index (χ0) is 14.5. The Bertz CT molecular complexity index is 590. The van der Waals surface area contributed by atoms with Crippen molar-refractivity contribution in [2.24, 2.45) is 0 Å². The molecule has 0 bridgehead atoms. The zero-order valence-electron chi connectivity index (χ0n) is 10.5. The number of nitrogens with one attached hydrogen (secondary N) is 1. The molecule has 0 aliphatic carbocycles. The SMILES string of the molecule is C[C@H](Sc1ncccn1)C(=O)Nc1cc(Cl)cc(Cl)c1. The number of amides is 1. The molecule has 0 fully saturated rings. The molecular formula is C13H11Cl2N3OS. The second-order valence-corrected chi connectivity index (χ2v) is 6.12. The molecule has 0 aliphatic heterocycles. The monoisotopic (exact) mass is 327 g/mol. The van der Waals surface area contributed by atoms with Crippen LogP contribution in [0.5, 0.6) is 0 Å². The Morgan fingerprint density at radius 2 is 1.80 bits per heavy atom. The molecule has 1 heterocycles. The normalized spacial score (nSPS) is 11.9. The average Bonchev–Trinajstić information content (AvgIpc) is 2.38. The third-order valence-electron chi connectivity index (χ3n) is 2.32. The Balaban J connectivity index is 2.00. The summed E-state index contributed by atoms with van der Waals surface area (Å²) >= 11 is 13.0. The lowest BCUT2D eigenvalue weighted by molar-refractivity contribution is -0.115. The molecule has 2 rings (SSSR count). The van der Waals surface area contributed by atoms with E-state index in [9.17, 15) is 4.79 Å². The summed E-state index contributed by atoms with van der Waals surface area (Å²) in [6, 6.07) is 6.61. The predicted octanol–water partition coefficient (Wildman–Crippen LogP) is 3.90. The van der Waals surface area contributed by atoms with E-state index in [0.29, 0.717) is 20.9 Å². The molecule has 2 aromatic rings. The van der Waals surface area contributed by atoms with Crippen molar-refractivity contribution in [3.8, 4) is 0 Å². The number of carbonyl (C=O) groups is 1. The van der Waals surface area contributed by atoms with E-state index in [1.165, 1.54) is 11.8 Å². The Labute approximate surface area is 130 Å². The van der Waals surface area contributed by atoms with Crippen molar-refractivity contribution >= 4 is 46.6 Å². The summed E-state index contributed by atoms with van der Waals surface area (Å²) in [4.78, 5) is 20.2. The van der Waals surface area contributed by atoms with Gasteiger partial charge >= 0.3 is 0 Å². The molecule has 1 atom stereocenters. The molecule has 0 saturated heterocycles. The number of nitrogens with zero attached hydrogens (tertiary/aromatic N) is 2. The maximum Gasteiger partial charge on any atom is 0.237 e. The van der Waals surface area contributed by atoms with Crippen LogP contribution < -0.4 is 5.32 Å². The molecule has 1 amide bonds. The quantitative estimate of drug-likeness (QED) is 0.683. The van der Waals surface area contributed by atoms with Crippen LogP contribution in [-0.2, 0) is 4.79 Å². The number of benzene rings is 1. The van der Waals surface area contributed by atoms with Crippen LogP contribution in [0.15, 0.2) is 41.8 Å². The van der Waals surface area contributed by atoms with Gasteiger partial charge in [0.15, 0.2) is 5.16 Å². The van der Waals surface area contributed by atoms with Crippen LogP contribution in [-0.4, -0.2) is 21.1 Å². The molecule has 0 radical (unpaired) electrons. The number of hydrogen-bond acceptors (Lipinski definition) is 4. The van der Waals surface area contributed by atoms with Gasteiger partial charge in [-0.15, -0.1) is 0 Å². The third kappa shape index (κ3) is 4.37.